The highest BCUT2D eigenvalue weighted by molar-refractivity contribution is 7.85. The predicted molar refractivity (Wildman–Crippen MR) is 112 cm³/mol. The van der Waals surface area contributed by atoms with E-state index in [1.54, 1.807) is 66.7 Å². The van der Waals surface area contributed by atoms with Gasteiger partial charge in [0.25, 0.3) is 10.1 Å². The number of rotatable bonds is 6. The molecule has 3 aromatic carbocycles. The Morgan fingerprint density at radius 2 is 1.47 bits per heavy atom. The predicted octanol–water partition coefficient (Wildman–Crippen LogP) is 3.10. The first kappa shape index (κ1) is 19.8. The van der Waals surface area contributed by atoms with Gasteiger partial charge in [-0.2, -0.15) is 8.42 Å². The Morgan fingerprint density at radius 3 is 2.17 bits per heavy atom. The van der Waals surface area contributed by atoms with Gasteiger partial charge in [-0.15, -0.1) is 15.0 Å². The lowest BCUT2D eigenvalue weighted by Gasteiger charge is -2.23. The summed E-state index contributed by atoms with van der Waals surface area (Å²) in [6, 6.07) is 21.6. The number of para-hydroxylation sites is 3. The minimum atomic E-state index is -4.04. The molecule has 3 N–H and O–H groups in total. The van der Waals surface area contributed by atoms with Crippen LogP contribution in [0.1, 0.15) is 11.1 Å². The number of hydrazine groups is 2. The van der Waals surface area contributed by atoms with Gasteiger partial charge in [0.2, 0.25) is 0 Å². The number of hydrogen-bond acceptors (Lipinski definition) is 8. The summed E-state index contributed by atoms with van der Waals surface area (Å²) < 4.78 is 30.6. The van der Waals surface area contributed by atoms with Gasteiger partial charge in [-0.3, -0.25) is 5.01 Å². The van der Waals surface area contributed by atoms with Crippen LogP contribution in [0.15, 0.2) is 85.1 Å². The Bertz CT molecular complexity index is 1180. The summed E-state index contributed by atoms with van der Waals surface area (Å²) in [7, 11) is -4.04. The Kier molecular flexibility index (Phi) is 5.32. The molecule has 0 fully saturated rings. The van der Waals surface area contributed by atoms with Gasteiger partial charge in [-0.1, -0.05) is 54.6 Å². The zero-order chi connectivity index (χ0) is 21.1. The van der Waals surface area contributed by atoms with Crippen molar-refractivity contribution in [2.75, 3.05) is 5.01 Å². The van der Waals surface area contributed by atoms with Crippen LogP contribution >= 0.6 is 0 Å². The van der Waals surface area contributed by atoms with Gasteiger partial charge in [0, 0.05) is 5.56 Å². The molecular weight excluding hydrogens is 406 g/mol. The van der Waals surface area contributed by atoms with E-state index < -0.39 is 10.1 Å². The van der Waals surface area contributed by atoms with E-state index in [-0.39, 0.29) is 22.9 Å². The SMILES string of the molecule is O=S(=O)(Cc1ccccc1)ON1NN(c2ccccc2O)C=C1c1ccccc1O. The minimum absolute atomic E-state index is 0.0214. The third-order valence-electron chi connectivity index (χ3n) is 4.36. The normalized spacial score (nSPS) is 14.1. The highest BCUT2D eigenvalue weighted by atomic mass is 32.2. The molecule has 3 aromatic rings. The second-order valence-electron chi connectivity index (χ2n) is 6.55. The largest absolute Gasteiger partial charge is 0.507 e. The van der Waals surface area contributed by atoms with Gasteiger partial charge >= 0.3 is 0 Å². The number of hydroxylamine groups is 1. The van der Waals surface area contributed by atoms with Gasteiger partial charge in [0.1, 0.15) is 28.6 Å². The molecule has 0 atom stereocenters. The van der Waals surface area contributed by atoms with Crippen molar-refractivity contribution in [3.63, 3.8) is 0 Å². The van der Waals surface area contributed by atoms with Crippen molar-refractivity contribution in [2.24, 2.45) is 0 Å². The van der Waals surface area contributed by atoms with Crippen LogP contribution in [0, 0.1) is 0 Å². The Labute approximate surface area is 173 Å². The molecule has 1 aliphatic rings. The first-order chi connectivity index (χ1) is 14.4. The summed E-state index contributed by atoms with van der Waals surface area (Å²) in [5.74, 6) is -0.415. The summed E-state index contributed by atoms with van der Waals surface area (Å²) in [5, 5.41) is 22.8. The fraction of sp³-hybridized carbons (Fsp3) is 0.0476. The number of nitrogens with zero attached hydrogens (tertiary/aromatic N) is 2. The molecule has 9 heteroatoms. The van der Waals surface area contributed by atoms with Gasteiger partial charge in [0.05, 0.1) is 6.20 Å². The van der Waals surface area contributed by atoms with E-state index in [1.807, 2.05) is 0 Å². The number of phenolic OH excluding ortho intramolecular Hbond substituents is 2. The minimum Gasteiger partial charge on any atom is -0.507 e. The van der Waals surface area contributed by atoms with Crippen molar-refractivity contribution in [1.29, 1.82) is 0 Å². The molecule has 0 saturated carbocycles. The van der Waals surface area contributed by atoms with Crippen LogP contribution < -0.4 is 10.5 Å². The van der Waals surface area contributed by atoms with E-state index in [4.69, 9.17) is 4.28 Å². The topological polar surface area (TPSA) is 102 Å². The molecule has 0 spiro atoms. The lowest BCUT2D eigenvalue weighted by molar-refractivity contribution is -0.0277. The van der Waals surface area contributed by atoms with Crippen LogP contribution in [0.3, 0.4) is 0 Å². The van der Waals surface area contributed by atoms with Crippen molar-refractivity contribution >= 4 is 21.5 Å². The van der Waals surface area contributed by atoms with Crippen LogP contribution in [-0.4, -0.2) is 23.8 Å². The summed E-state index contributed by atoms with van der Waals surface area (Å²) in [6.45, 7) is 0. The molecular formula is C21H19N3O5S. The van der Waals surface area contributed by atoms with E-state index in [9.17, 15) is 18.6 Å². The fourth-order valence-corrected chi connectivity index (χ4v) is 3.99. The number of anilines is 1. The number of aromatic hydroxyl groups is 2. The molecule has 1 aliphatic heterocycles. The van der Waals surface area contributed by atoms with Crippen LogP contribution in [0.2, 0.25) is 0 Å². The van der Waals surface area contributed by atoms with E-state index in [2.05, 4.69) is 5.53 Å². The highest BCUT2D eigenvalue weighted by Gasteiger charge is 2.31. The molecule has 0 bridgehead atoms. The average Bonchev–Trinajstić information content (AvgIpc) is 3.11. The van der Waals surface area contributed by atoms with E-state index in [1.165, 1.54) is 23.3 Å². The maximum Gasteiger partial charge on any atom is 0.293 e. The molecule has 0 aliphatic carbocycles. The fourth-order valence-electron chi connectivity index (χ4n) is 2.99. The Balaban J connectivity index is 1.66. The summed E-state index contributed by atoms with van der Waals surface area (Å²) in [5.41, 5.74) is 4.30. The summed E-state index contributed by atoms with van der Waals surface area (Å²) in [6.07, 6.45) is 1.52. The first-order valence-electron chi connectivity index (χ1n) is 9.03. The molecule has 0 radical (unpaired) electrons. The quantitative estimate of drug-likeness (QED) is 0.554. The Hall–Kier alpha value is -3.53. The van der Waals surface area contributed by atoms with Gasteiger partial charge in [-0.25, -0.2) is 0 Å². The van der Waals surface area contributed by atoms with Crippen LogP contribution in [-0.2, 0) is 20.2 Å². The highest BCUT2D eigenvalue weighted by Crippen LogP contribution is 2.35. The van der Waals surface area contributed by atoms with Crippen molar-refractivity contribution in [1.82, 2.24) is 10.7 Å². The number of nitrogens with one attached hydrogen (secondary N) is 1. The lowest BCUT2D eigenvalue weighted by atomic mass is 10.1. The molecule has 0 unspecified atom stereocenters. The summed E-state index contributed by atoms with van der Waals surface area (Å²) >= 11 is 0. The molecule has 4 rings (SSSR count). The number of hydrogen-bond donors (Lipinski definition) is 3. The zero-order valence-electron chi connectivity index (χ0n) is 15.7. The monoisotopic (exact) mass is 425 g/mol. The molecule has 154 valence electrons. The van der Waals surface area contributed by atoms with E-state index >= 15 is 0 Å². The van der Waals surface area contributed by atoms with Crippen molar-refractivity contribution in [3.05, 3.63) is 96.2 Å². The van der Waals surface area contributed by atoms with Crippen LogP contribution in [0.25, 0.3) is 5.70 Å². The first-order valence-corrected chi connectivity index (χ1v) is 10.6. The van der Waals surface area contributed by atoms with Crippen molar-refractivity contribution < 1.29 is 22.9 Å². The molecule has 0 aromatic heterocycles. The lowest BCUT2D eigenvalue weighted by Crippen LogP contribution is -2.41. The van der Waals surface area contributed by atoms with Crippen LogP contribution in [0.5, 0.6) is 11.5 Å². The summed E-state index contributed by atoms with van der Waals surface area (Å²) in [4.78, 5) is 0. The van der Waals surface area contributed by atoms with E-state index in [0.29, 0.717) is 16.8 Å². The maximum atomic E-state index is 12.7. The van der Waals surface area contributed by atoms with E-state index in [0.717, 1.165) is 5.17 Å². The Morgan fingerprint density at radius 1 is 0.833 bits per heavy atom. The molecule has 8 nitrogen and oxygen atoms in total. The van der Waals surface area contributed by atoms with Crippen LogP contribution in [0.4, 0.5) is 5.69 Å². The molecule has 30 heavy (non-hydrogen) atoms. The van der Waals surface area contributed by atoms with Crippen molar-refractivity contribution in [2.45, 2.75) is 5.75 Å². The molecule has 0 saturated heterocycles. The second-order valence-corrected chi connectivity index (χ2v) is 8.10. The maximum absolute atomic E-state index is 12.7. The zero-order valence-corrected chi connectivity index (χ0v) is 16.5. The third-order valence-corrected chi connectivity index (χ3v) is 5.43. The van der Waals surface area contributed by atoms with Gasteiger partial charge < -0.3 is 10.2 Å². The van der Waals surface area contributed by atoms with Gasteiger partial charge in [-0.05, 0) is 29.8 Å². The van der Waals surface area contributed by atoms with Gasteiger partial charge in [0.15, 0.2) is 0 Å². The molecule has 1 heterocycles. The number of benzene rings is 3. The molecule has 0 amide bonds. The standard InChI is InChI=1S/C21H19N3O5S/c25-20-12-6-4-10-17(20)19-14-23(18-11-5-7-13-21(18)26)22-24(19)29-30(27,28)15-16-8-2-1-3-9-16/h1-14,22,25-26H,15H2. The third kappa shape index (κ3) is 4.23. The number of phenols is 2. The van der Waals surface area contributed by atoms with Crippen molar-refractivity contribution in [3.8, 4) is 11.5 Å². The smallest absolute Gasteiger partial charge is 0.293 e. The second kappa shape index (κ2) is 8.07. The average molecular weight is 425 g/mol.